The molecule has 1 N–H and O–H groups in total. The van der Waals surface area contributed by atoms with Gasteiger partial charge in [-0.25, -0.2) is 0 Å². The van der Waals surface area contributed by atoms with Crippen molar-refractivity contribution < 1.29 is 9.84 Å². The van der Waals surface area contributed by atoms with Gasteiger partial charge in [0.05, 0.1) is 18.4 Å². The van der Waals surface area contributed by atoms with Crippen molar-refractivity contribution in [3.05, 3.63) is 42.1 Å². The zero-order chi connectivity index (χ0) is 28.6. The largest absolute Gasteiger partial charge is 0.506 e. The second kappa shape index (κ2) is 11.8. The Balaban J connectivity index is 1.06. The Bertz CT molecular complexity index is 1280. The van der Waals surface area contributed by atoms with Crippen LogP contribution in [0, 0.1) is 40.4 Å². The standard InChI is InChI=1S/C37H52N2O2/c1-25(2)8-5-6-9-26-12-14-31-29-13-11-27-24-28(17-19-37(27,4)32(29)18-20-36(26,31)3)41-23-22-38-33-15-16-34(40)35-30(33)10-7-21-39-35/h7,10-11,15-16,21-22,25-26,28-29,31-32,40H,5-6,8-9,12-14,17-20,23-24H2,1-4H3/t26-,28?,29?,31?,32?,36?,37?/m0/s1. The summed E-state index contributed by atoms with van der Waals surface area (Å²) in [5.74, 6) is 4.68. The van der Waals surface area contributed by atoms with Crippen LogP contribution in [0.4, 0.5) is 5.69 Å². The summed E-state index contributed by atoms with van der Waals surface area (Å²) in [6.45, 7) is 10.6. The first kappa shape index (κ1) is 28.9. The Labute approximate surface area is 248 Å². The molecule has 0 radical (unpaired) electrons. The molecule has 6 unspecified atom stereocenters. The molecule has 41 heavy (non-hydrogen) atoms. The van der Waals surface area contributed by atoms with E-state index in [1.54, 1.807) is 17.8 Å². The van der Waals surface area contributed by atoms with E-state index in [4.69, 9.17) is 4.74 Å². The average molecular weight is 557 g/mol. The van der Waals surface area contributed by atoms with E-state index in [-0.39, 0.29) is 11.9 Å². The van der Waals surface area contributed by atoms with E-state index >= 15 is 0 Å². The van der Waals surface area contributed by atoms with Gasteiger partial charge in [-0.1, -0.05) is 58.6 Å². The Kier molecular flexibility index (Phi) is 8.33. The van der Waals surface area contributed by atoms with E-state index in [9.17, 15) is 5.11 Å². The Morgan fingerprint density at radius 3 is 2.80 bits per heavy atom. The molecule has 7 atom stereocenters. The molecule has 1 heterocycles. The van der Waals surface area contributed by atoms with Crippen molar-refractivity contribution >= 4 is 22.8 Å². The van der Waals surface area contributed by atoms with E-state index < -0.39 is 0 Å². The number of aromatic nitrogens is 1. The number of fused-ring (bicyclic) bond motifs is 6. The smallest absolute Gasteiger partial charge is 0.141 e. The van der Waals surface area contributed by atoms with Crippen LogP contribution >= 0.6 is 0 Å². The van der Waals surface area contributed by atoms with Gasteiger partial charge in [0.15, 0.2) is 0 Å². The van der Waals surface area contributed by atoms with Crippen LogP contribution < -0.4 is 0 Å². The summed E-state index contributed by atoms with van der Waals surface area (Å²) in [5, 5.41) is 11.0. The number of benzene rings is 1. The predicted molar refractivity (Wildman–Crippen MR) is 170 cm³/mol. The zero-order valence-electron chi connectivity index (χ0n) is 25.9. The zero-order valence-corrected chi connectivity index (χ0v) is 25.9. The molecule has 4 nitrogen and oxygen atoms in total. The fourth-order valence-corrected chi connectivity index (χ4v) is 9.87. The summed E-state index contributed by atoms with van der Waals surface area (Å²) >= 11 is 0. The minimum Gasteiger partial charge on any atom is -0.506 e. The van der Waals surface area contributed by atoms with Crippen LogP contribution in [0.3, 0.4) is 0 Å². The number of aromatic hydroxyl groups is 1. The Hall–Kier alpha value is -2.20. The lowest BCUT2D eigenvalue weighted by Gasteiger charge is -2.58. The number of allylic oxidation sites excluding steroid dienone is 1. The lowest BCUT2D eigenvalue weighted by atomic mass is 9.47. The van der Waals surface area contributed by atoms with Crippen LogP contribution in [0.25, 0.3) is 10.9 Å². The summed E-state index contributed by atoms with van der Waals surface area (Å²) in [5.41, 5.74) is 4.05. The number of pyridine rings is 1. The minimum absolute atomic E-state index is 0.191. The second-order valence-corrected chi connectivity index (χ2v) is 14.8. The summed E-state index contributed by atoms with van der Waals surface area (Å²) in [4.78, 5) is 8.97. The van der Waals surface area contributed by atoms with Gasteiger partial charge in [-0.05, 0) is 122 Å². The van der Waals surface area contributed by atoms with Crippen LogP contribution in [0.5, 0.6) is 5.75 Å². The fourth-order valence-electron chi connectivity index (χ4n) is 9.87. The van der Waals surface area contributed by atoms with Crippen LogP contribution in [-0.4, -0.2) is 29.0 Å². The molecule has 0 spiro atoms. The summed E-state index contributed by atoms with van der Waals surface area (Å²) in [7, 11) is 0. The fraction of sp³-hybridized carbons (Fsp3) is 0.676. The number of aliphatic imine (C=N–C) groups is 1. The van der Waals surface area contributed by atoms with E-state index in [1.165, 1.54) is 64.2 Å². The van der Waals surface area contributed by atoms with E-state index in [0.29, 0.717) is 23.0 Å². The van der Waals surface area contributed by atoms with Gasteiger partial charge >= 0.3 is 0 Å². The molecule has 1 aromatic heterocycles. The predicted octanol–water partition coefficient (Wildman–Crippen LogP) is 9.82. The van der Waals surface area contributed by atoms with E-state index in [0.717, 1.165) is 53.5 Å². The molecule has 222 valence electrons. The molecular formula is C37H52N2O2. The Morgan fingerprint density at radius 2 is 1.95 bits per heavy atom. The van der Waals surface area contributed by atoms with Crippen molar-refractivity contribution in [2.45, 2.75) is 111 Å². The highest BCUT2D eigenvalue weighted by Gasteiger charge is 2.58. The number of phenols is 1. The third-order valence-corrected chi connectivity index (χ3v) is 12.2. The SMILES string of the molecule is CC(C)CCCC[C@H]1CCC2C3CC=C4CC(OCC=Nc5ccc(O)c6ncccc56)CCC4(C)C3CCC21C. The number of nitrogens with zero attached hydrogens (tertiary/aromatic N) is 2. The maximum absolute atomic E-state index is 10.1. The third-order valence-electron chi connectivity index (χ3n) is 12.2. The molecule has 0 saturated heterocycles. The monoisotopic (exact) mass is 556 g/mol. The van der Waals surface area contributed by atoms with Gasteiger partial charge in [0, 0.05) is 17.8 Å². The highest BCUT2D eigenvalue weighted by molar-refractivity contribution is 5.94. The molecule has 4 heteroatoms. The van der Waals surface area contributed by atoms with Gasteiger partial charge in [0.25, 0.3) is 0 Å². The highest BCUT2D eigenvalue weighted by Crippen LogP contribution is 2.66. The van der Waals surface area contributed by atoms with Gasteiger partial charge in [-0.3, -0.25) is 9.98 Å². The molecule has 4 aliphatic rings. The normalized spacial score (nSPS) is 35.0. The van der Waals surface area contributed by atoms with Crippen molar-refractivity contribution in [1.29, 1.82) is 0 Å². The molecule has 3 saturated carbocycles. The molecule has 2 aromatic rings. The maximum atomic E-state index is 10.1. The molecular weight excluding hydrogens is 504 g/mol. The average Bonchev–Trinajstić information content (AvgIpc) is 3.30. The van der Waals surface area contributed by atoms with Gasteiger partial charge in [-0.15, -0.1) is 0 Å². The molecule has 3 fully saturated rings. The second-order valence-electron chi connectivity index (χ2n) is 14.8. The van der Waals surface area contributed by atoms with Crippen LogP contribution in [-0.2, 0) is 4.74 Å². The van der Waals surface area contributed by atoms with E-state index in [1.807, 2.05) is 24.4 Å². The number of ether oxygens (including phenoxy) is 1. The number of hydrogen-bond donors (Lipinski definition) is 1. The molecule has 0 aliphatic heterocycles. The van der Waals surface area contributed by atoms with Gasteiger partial charge < -0.3 is 9.84 Å². The van der Waals surface area contributed by atoms with Crippen molar-refractivity contribution in [2.75, 3.05) is 6.61 Å². The molecule has 1 aromatic carbocycles. The quantitative estimate of drug-likeness (QED) is 0.190. The topological polar surface area (TPSA) is 54.7 Å². The highest BCUT2D eigenvalue weighted by atomic mass is 16.5. The number of unbranched alkanes of at least 4 members (excludes halogenated alkanes) is 1. The van der Waals surface area contributed by atoms with Gasteiger partial charge in [-0.2, -0.15) is 0 Å². The van der Waals surface area contributed by atoms with Crippen LogP contribution in [0.1, 0.15) is 105 Å². The first-order valence-corrected chi connectivity index (χ1v) is 16.7. The molecule has 0 amide bonds. The maximum Gasteiger partial charge on any atom is 0.141 e. The summed E-state index contributed by atoms with van der Waals surface area (Å²) < 4.78 is 6.38. The number of hydrogen-bond acceptors (Lipinski definition) is 4. The van der Waals surface area contributed by atoms with Crippen molar-refractivity contribution in [1.82, 2.24) is 4.98 Å². The lowest BCUT2D eigenvalue weighted by Crippen LogP contribution is -2.50. The van der Waals surface area contributed by atoms with Crippen molar-refractivity contribution in [3.8, 4) is 5.75 Å². The molecule has 6 rings (SSSR count). The van der Waals surface area contributed by atoms with Gasteiger partial charge in [0.2, 0.25) is 0 Å². The molecule has 0 bridgehead atoms. The lowest BCUT2D eigenvalue weighted by molar-refractivity contribution is -0.0557. The summed E-state index contributed by atoms with van der Waals surface area (Å²) in [6, 6.07) is 7.35. The third kappa shape index (κ3) is 5.51. The van der Waals surface area contributed by atoms with Gasteiger partial charge in [0.1, 0.15) is 11.3 Å². The number of phenolic OH excluding ortho intramolecular Hbond substituents is 1. The van der Waals surface area contributed by atoms with Crippen molar-refractivity contribution in [2.24, 2.45) is 45.4 Å². The Morgan fingerprint density at radius 1 is 1.07 bits per heavy atom. The number of rotatable bonds is 9. The van der Waals surface area contributed by atoms with E-state index in [2.05, 4.69) is 43.7 Å². The van der Waals surface area contributed by atoms with Crippen LogP contribution in [0.2, 0.25) is 0 Å². The van der Waals surface area contributed by atoms with Crippen LogP contribution in [0.15, 0.2) is 47.1 Å². The minimum atomic E-state index is 0.191. The summed E-state index contributed by atoms with van der Waals surface area (Å²) in [6.07, 6.45) is 22.9. The first-order chi connectivity index (χ1) is 19.8. The van der Waals surface area contributed by atoms with Crippen molar-refractivity contribution in [3.63, 3.8) is 0 Å². The molecule has 4 aliphatic carbocycles. The first-order valence-electron chi connectivity index (χ1n) is 16.7.